The highest BCUT2D eigenvalue weighted by Crippen LogP contribution is 2.34. The van der Waals surface area contributed by atoms with E-state index in [1.165, 1.54) is 4.90 Å². The van der Waals surface area contributed by atoms with E-state index in [2.05, 4.69) is 13.8 Å². The molecule has 132 valence electrons. The third-order valence-electron chi connectivity index (χ3n) is 5.51. The number of nitrogens with zero attached hydrogens (tertiary/aromatic N) is 1. The van der Waals surface area contributed by atoms with E-state index in [1.807, 2.05) is 38.1 Å². The van der Waals surface area contributed by atoms with Crippen molar-refractivity contribution in [1.82, 2.24) is 4.90 Å². The number of aryl methyl sites for hydroxylation is 2. The van der Waals surface area contributed by atoms with E-state index in [9.17, 15) is 9.59 Å². The quantitative estimate of drug-likeness (QED) is 0.673. The molecule has 25 heavy (non-hydrogen) atoms. The Morgan fingerprint density at radius 2 is 1.44 bits per heavy atom. The molecular formula is C22H27NO2. The summed E-state index contributed by atoms with van der Waals surface area (Å²) < 4.78 is 0. The van der Waals surface area contributed by atoms with Crippen molar-refractivity contribution in [1.29, 1.82) is 0 Å². The molecule has 3 heteroatoms. The predicted molar refractivity (Wildman–Crippen MR) is 102 cm³/mol. The molecule has 1 aliphatic heterocycles. The molecule has 0 saturated heterocycles. The number of rotatable bonds is 6. The summed E-state index contributed by atoms with van der Waals surface area (Å²) in [6, 6.07) is 7.76. The third-order valence-corrected chi connectivity index (χ3v) is 5.51. The van der Waals surface area contributed by atoms with Crippen molar-refractivity contribution >= 4 is 22.6 Å². The topological polar surface area (TPSA) is 37.4 Å². The van der Waals surface area contributed by atoms with Crippen LogP contribution in [0.5, 0.6) is 0 Å². The average Bonchev–Trinajstić information content (AvgIpc) is 2.60. The summed E-state index contributed by atoms with van der Waals surface area (Å²) in [4.78, 5) is 27.6. The van der Waals surface area contributed by atoms with Gasteiger partial charge in [0.1, 0.15) is 0 Å². The molecule has 2 aromatic carbocycles. The standard InChI is InChI=1S/C22H27NO2/c1-5-7-8-16(6-2)13-23-21(24)17-11-9-14(3)19-15(4)10-12-18(20(17)19)22(23)25/h9-12,16H,5-8,13H2,1-4H3. The molecule has 1 heterocycles. The van der Waals surface area contributed by atoms with E-state index in [-0.39, 0.29) is 11.8 Å². The largest absolute Gasteiger partial charge is 0.274 e. The Morgan fingerprint density at radius 3 is 1.92 bits per heavy atom. The van der Waals surface area contributed by atoms with Crippen molar-refractivity contribution < 1.29 is 9.59 Å². The van der Waals surface area contributed by atoms with Gasteiger partial charge in [0.2, 0.25) is 0 Å². The van der Waals surface area contributed by atoms with Gasteiger partial charge < -0.3 is 0 Å². The van der Waals surface area contributed by atoms with Gasteiger partial charge in [-0.15, -0.1) is 0 Å². The normalized spacial score (nSPS) is 15.1. The van der Waals surface area contributed by atoms with Gasteiger partial charge in [0.15, 0.2) is 0 Å². The molecule has 0 spiro atoms. The van der Waals surface area contributed by atoms with Gasteiger partial charge in [0.25, 0.3) is 11.8 Å². The summed E-state index contributed by atoms with van der Waals surface area (Å²) in [7, 11) is 0. The highest BCUT2D eigenvalue weighted by molar-refractivity contribution is 6.26. The number of hydrogen-bond acceptors (Lipinski definition) is 2. The van der Waals surface area contributed by atoms with Crippen LogP contribution in [0.2, 0.25) is 0 Å². The van der Waals surface area contributed by atoms with Gasteiger partial charge in [-0.05, 0) is 54.8 Å². The Hall–Kier alpha value is -2.16. The number of imide groups is 1. The zero-order valence-corrected chi connectivity index (χ0v) is 15.7. The summed E-state index contributed by atoms with van der Waals surface area (Å²) in [6.07, 6.45) is 4.33. The first-order chi connectivity index (χ1) is 12.0. The van der Waals surface area contributed by atoms with Crippen molar-refractivity contribution in [2.24, 2.45) is 5.92 Å². The smallest absolute Gasteiger partial charge is 0.261 e. The first-order valence-electron chi connectivity index (χ1n) is 9.38. The predicted octanol–water partition coefficient (Wildman–Crippen LogP) is 5.27. The second-order valence-corrected chi connectivity index (χ2v) is 7.25. The number of carbonyl (C=O) groups excluding carboxylic acids is 2. The minimum absolute atomic E-state index is 0.136. The summed E-state index contributed by atoms with van der Waals surface area (Å²) in [5.74, 6) is 0.104. The van der Waals surface area contributed by atoms with Crippen molar-refractivity contribution in [2.75, 3.05) is 6.54 Å². The fourth-order valence-corrected chi connectivity index (χ4v) is 3.95. The third kappa shape index (κ3) is 2.97. The Kier molecular flexibility index (Phi) is 4.94. The molecule has 1 unspecified atom stereocenters. The van der Waals surface area contributed by atoms with Gasteiger partial charge in [-0.2, -0.15) is 0 Å². The van der Waals surface area contributed by atoms with E-state index < -0.39 is 0 Å². The molecule has 0 saturated carbocycles. The molecular weight excluding hydrogens is 310 g/mol. The van der Waals surface area contributed by atoms with E-state index in [1.54, 1.807) is 0 Å². The maximum Gasteiger partial charge on any atom is 0.261 e. The molecule has 3 rings (SSSR count). The van der Waals surface area contributed by atoms with Crippen molar-refractivity contribution in [3.63, 3.8) is 0 Å². The zero-order chi connectivity index (χ0) is 18.1. The fraction of sp³-hybridized carbons (Fsp3) is 0.455. The monoisotopic (exact) mass is 337 g/mol. The van der Waals surface area contributed by atoms with Crippen LogP contribution >= 0.6 is 0 Å². The average molecular weight is 337 g/mol. The Balaban J connectivity index is 2.05. The van der Waals surface area contributed by atoms with Crippen LogP contribution in [0.4, 0.5) is 0 Å². The van der Waals surface area contributed by atoms with Crippen molar-refractivity contribution in [3.05, 3.63) is 46.5 Å². The van der Waals surface area contributed by atoms with Gasteiger partial charge >= 0.3 is 0 Å². The second-order valence-electron chi connectivity index (χ2n) is 7.25. The van der Waals surface area contributed by atoms with Gasteiger partial charge in [0.05, 0.1) is 0 Å². The molecule has 2 aromatic rings. The van der Waals surface area contributed by atoms with Crippen LogP contribution in [0.15, 0.2) is 24.3 Å². The minimum atomic E-state index is -0.136. The van der Waals surface area contributed by atoms with Crippen LogP contribution in [-0.4, -0.2) is 23.3 Å². The van der Waals surface area contributed by atoms with Gasteiger partial charge in [0, 0.05) is 23.1 Å². The lowest BCUT2D eigenvalue weighted by Gasteiger charge is -2.30. The molecule has 0 fully saturated rings. The maximum atomic E-state index is 13.1. The van der Waals surface area contributed by atoms with E-state index in [4.69, 9.17) is 0 Å². The van der Waals surface area contributed by atoms with Crippen LogP contribution < -0.4 is 0 Å². The highest BCUT2D eigenvalue weighted by Gasteiger charge is 2.34. The summed E-state index contributed by atoms with van der Waals surface area (Å²) in [5.41, 5.74) is 3.57. The van der Waals surface area contributed by atoms with E-state index in [0.29, 0.717) is 23.6 Å². The first-order valence-corrected chi connectivity index (χ1v) is 9.38. The minimum Gasteiger partial charge on any atom is -0.274 e. The zero-order valence-electron chi connectivity index (χ0n) is 15.7. The number of carbonyl (C=O) groups is 2. The highest BCUT2D eigenvalue weighted by atomic mass is 16.2. The van der Waals surface area contributed by atoms with Crippen LogP contribution in [0.25, 0.3) is 10.8 Å². The Labute approximate surface area is 150 Å². The molecule has 3 nitrogen and oxygen atoms in total. The number of amides is 2. The number of hydrogen-bond donors (Lipinski definition) is 0. The van der Waals surface area contributed by atoms with Gasteiger partial charge in [-0.1, -0.05) is 45.2 Å². The molecule has 1 aliphatic rings. The van der Waals surface area contributed by atoms with Crippen molar-refractivity contribution in [3.8, 4) is 0 Å². The summed E-state index contributed by atoms with van der Waals surface area (Å²) in [6.45, 7) is 8.91. The van der Waals surface area contributed by atoms with Crippen LogP contribution in [0.1, 0.15) is 71.4 Å². The second kappa shape index (κ2) is 6.99. The van der Waals surface area contributed by atoms with Gasteiger partial charge in [-0.25, -0.2) is 0 Å². The lowest BCUT2D eigenvalue weighted by Crippen LogP contribution is -2.43. The lowest BCUT2D eigenvalue weighted by molar-refractivity contribution is 0.0580. The first kappa shape index (κ1) is 17.7. The van der Waals surface area contributed by atoms with E-state index >= 15 is 0 Å². The molecule has 0 bridgehead atoms. The fourth-order valence-electron chi connectivity index (χ4n) is 3.95. The molecule has 0 aliphatic carbocycles. The molecule has 0 aromatic heterocycles. The van der Waals surface area contributed by atoms with Crippen LogP contribution in [-0.2, 0) is 0 Å². The van der Waals surface area contributed by atoms with E-state index in [0.717, 1.165) is 47.6 Å². The van der Waals surface area contributed by atoms with Crippen molar-refractivity contribution in [2.45, 2.75) is 53.4 Å². The molecule has 1 atom stereocenters. The molecule has 0 radical (unpaired) electrons. The maximum absolute atomic E-state index is 13.1. The van der Waals surface area contributed by atoms with Crippen LogP contribution in [0, 0.1) is 19.8 Å². The summed E-state index contributed by atoms with van der Waals surface area (Å²) in [5, 5.41) is 1.89. The van der Waals surface area contributed by atoms with Crippen LogP contribution in [0.3, 0.4) is 0 Å². The Morgan fingerprint density at radius 1 is 0.880 bits per heavy atom. The summed E-state index contributed by atoms with van der Waals surface area (Å²) >= 11 is 0. The SMILES string of the molecule is CCCCC(CC)CN1C(=O)c2ccc(C)c3c(C)ccc(c23)C1=O. The number of benzene rings is 2. The molecule has 0 N–H and O–H groups in total. The lowest BCUT2D eigenvalue weighted by atomic mass is 9.88. The van der Waals surface area contributed by atoms with Gasteiger partial charge in [-0.3, -0.25) is 14.5 Å². The molecule has 2 amide bonds. The Bertz CT molecular complexity index is 781. The number of unbranched alkanes of at least 4 members (excludes halogenated alkanes) is 1.